The van der Waals surface area contributed by atoms with Gasteiger partial charge in [0.2, 0.25) is 0 Å². The molecule has 4 N–H and O–H groups in total. The van der Waals surface area contributed by atoms with Crippen LogP contribution in [0.4, 0.5) is 0 Å². The van der Waals surface area contributed by atoms with Crippen LogP contribution in [0.15, 0.2) is 134 Å². The number of aliphatic hydroxyl groups is 2. The number of phosphoric ester groups is 2. The first kappa shape index (κ1) is 96.7. The monoisotopic (exact) mass is 1460 g/mol. The number of carbonyl (C=O) groups excluding carboxylic acids is 3. The van der Waals surface area contributed by atoms with Crippen LogP contribution in [0, 0.1) is 0 Å². The molecule has 0 aliphatic heterocycles. The normalized spacial score (nSPS) is 14.7. The van der Waals surface area contributed by atoms with Crippen molar-refractivity contribution in [1.29, 1.82) is 0 Å². The van der Waals surface area contributed by atoms with E-state index in [9.17, 15) is 43.5 Å². The lowest BCUT2D eigenvalue weighted by Crippen LogP contribution is -2.30. The SMILES string of the molecule is CC/C=C\C/C=C\C/C=C\C/C=C\C/C=C\C/C=C\CCC(=O)OCC(COP(=O)(O)OCC(O)COP(=O)(O)OCC(O)COC(=O)CCCCCCCCCCCCCCCCCCCCC/C=C\C/C=C\C/C=C\C/C=C\C/C=C\CC)OC(=O)CCCCCCCCCCCCC. The molecule has 0 aliphatic carbocycles. The fraction of sp³-hybridized carbons (Fsp3) is 0.699. The highest BCUT2D eigenvalue weighted by molar-refractivity contribution is 7.47. The predicted octanol–water partition coefficient (Wildman–Crippen LogP) is 23.1. The van der Waals surface area contributed by atoms with Crippen LogP contribution in [0.1, 0.15) is 316 Å². The summed E-state index contributed by atoms with van der Waals surface area (Å²) in [6.45, 7) is 2.36. The Kier molecular flexibility index (Phi) is 72.2. The Bertz CT molecular complexity index is 2370. The number of hydrogen-bond acceptors (Lipinski definition) is 14. The summed E-state index contributed by atoms with van der Waals surface area (Å²) in [6, 6.07) is 0. The zero-order valence-corrected chi connectivity index (χ0v) is 65.1. The molecule has 0 radical (unpaired) electrons. The highest BCUT2D eigenvalue weighted by Crippen LogP contribution is 2.45. The third-order valence-electron chi connectivity index (χ3n) is 16.4. The second kappa shape index (κ2) is 75.4. The number of hydrogen-bond donors (Lipinski definition) is 4. The van der Waals surface area contributed by atoms with Gasteiger partial charge < -0.3 is 34.2 Å². The van der Waals surface area contributed by atoms with Gasteiger partial charge in [0.05, 0.1) is 26.4 Å². The lowest BCUT2D eigenvalue weighted by atomic mass is 10.0. The van der Waals surface area contributed by atoms with Crippen molar-refractivity contribution in [2.45, 2.75) is 334 Å². The topological polar surface area (TPSA) is 231 Å². The largest absolute Gasteiger partial charge is 0.472 e. The molecule has 5 atom stereocenters. The Morgan fingerprint density at radius 3 is 0.891 bits per heavy atom. The molecule has 0 aromatic heterocycles. The molecule has 0 fully saturated rings. The molecule has 0 saturated heterocycles. The number of unbranched alkanes of at least 4 members (excludes halogenated alkanes) is 29. The van der Waals surface area contributed by atoms with Crippen LogP contribution in [-0.4, -0.2) is 95.9 Å². The fourth-order valence-electron chi connectivity index (χ4n) is 10.4. The van der Waals surface area contributed by atoms with E-state index in [1.165, 1.54) is 141 Å². The number of phosphoric acid groups is 2. The average molecular weight is 1460 g/mol. The van der Waals surface area contributed by atoms with Crippen LogP contribution in [0.3, 0.4) is 0 Å². The molecule has 16 nitrogen and oxygen atoms in total. The van der Waals surface area contributed by atoms with Gasteiger partial charge in [0.25, 0.3) is 0 Å². The Morgan fingerprint density at radius 1 is 0.287 bits per heavy atom. The van der Waals surface area contributed by atoms with Crippen molar-refractivity contribution in [3.8, 4) is 0 Å². The molecule has 0 rings (SSSR count). The summed E-state index contributed by atoms with van der Waals surface area (Å²) in [4.78, 5) is 58.4. The van der Waals surface area contributed by atoms with Crippen LogP contribution in [0.5, 0.6) is 0 Å². The van der Waals surface area contributed by atoms with Gasteiger partial charge in [0, 0.05) is 19.3 Å². The number of ether oxygens (including phenoxy) is 3. The van der Waals surface area contributed by atoms with Gasteiger partial charge >= 0.3 is 33.6 Å². The van der Waals surface area contributed by atoms with Gasteiger partial charge in [0.15, 0.2) is 6.10 Å². The maximum absolute atomic E-state index is 12.9. The Morgan fingerprint density at radius 2 is 0.545 bits per heavy atom. The van der Waals surface area contributed by atoms with Crippen molar-refractivity contribution in [3.63, 3.8) is 0 Å². The Labute approximate surface area is 614 Å². The van der Waals surface area contributed by atoms with Gasteiger partial charge in [-0.25, -0.2) is 9.13 Å². The maximum atomic E-state index is 12.9. The van der Waals surface area contributed by atoms with Gasteiger partial charge in [-0.1, -0.05) is 328 Å². The summed E-state index contributed by atoms with van der Waals surface area (Å²) in [7, 11) is -9.80. The molecule has 0 saturated carbocycles. The van der Waals surface area contributed by atoms with Gasteiger partial charge in [-0.15, -0.1) is 0 Å². The molecule has 5 unspecified atom stereocenters. The first-order valence-electron chi connectivity index (χ1n) is 39.5. The molecule has 0 bridgehead atoms. The van der Waals surface area contributed by atoms with E-state index in [-0.39, 0.29) is 19.3 Å². The van der Waals surface area contributed by atoms with E-state index >= 15 is 0 Å². The summed E-state index contributed by atoms with van der Waals surface area (Å²) in [5.74, 6) is -1.67. The summed E-state index contributed by atoms with van der Waals surface area (Å²) in [5.41, 5.74) is 0. The number of aliphatic hydroxyl groups excluding tert-OH is 2. The molecule has 0 spiro atoms. The van der Waals surface area contributed by atoms with Crippen molar-refractivity contribution >= 4 is 33.6 Å². The molecule has 18 heteroatoms. The third kappa shape index (κ3) is 76.6. The molecule has 580 valence electrons. The van der Waals surface area contributed by atoms with Crippen LogP contribution in [0.2, 0.25) is 0 Å². The average Bonchev–Trinajstić information content (AvgIpc) is 0.957. The van der Waals surface area contributed by atoms with Gasteiger partial charge in [0.1, 0.15) is 25.4 Å². The second-order valence-corrected chi connectivity index (χ2v) is 29.0. The standard InChI is InChI=1S/C83H142O16P2/c1-4-7-10-13-16-19-22-24-26-28-30-31-32-33-34-35-36-37-38-39-40-41-42-43-44-45-47-49-50-52-55-57-60-63-66-69-81(86)93-72-78(84)73-95-100(89,90)96-74-79(85)75-97-101(91,92)98-77-80(99-83(88)71-68-65-62-59-54-21-18-15-12-9-6-3)76-94-82(87)70-67-64-61-58-56-53-51-48-46-29-27-25-23-20-17-14-11-8-5-2/h7-8,10-11,16-17,19-20,24-27,30-31,33-34,46,48,53,56,61,64,78-80,84-85H,4-6,9,12-15,18,21-23,28-29,32,35-45,47,49-52,54-55,57-60,62-63,65-77H2,1-3H3,(H,89,90)(H,91,92)/b10-7-,11-8-,19-16-,20-17-,26-24-,27-25-,31-30-,34-33-,48-46-,56-53-,64-61-. The van der Waals surface area contributed by atoms with E-state index < -0.39 is 91.5 Å². The quantitative estimate of drug-likeness (QED) is 0.0146. The minimum absolute atomic E-state index is 0.0451. The van der Waals surface area contributed by atoms with Gasteiger partial charge in [-0.05, 0) is 103 Å². The lowest BCUT2D eigenvalue weighted by molar-refractivity contribution is -0.161. The molecular formula is C83H142O16P2. The molecule has 0 aliphatic rings. The highest BCUT2D eigenvalue weighted by Gasteiger charge is 2.29. The molecule has 101 heavy (non-hydrogen) atoms. The Hall–Kier alpha value is -4.31. The third-order valence-corrected chi connectivity index (χ3v) is 18.3. The van der Waals surface area contributed by atoms with Crippen molar-refractivity contribution in [1.82, 2.24) is 0 Å². The van der Waals surface area contributed by atoms with Crippen LogP contribution in [-0.2, 0) is 55.8 Å². The summed E-state index contributed by atoms with van der Waals surface area (Å²) in [5, 5.41) is 20.6. The van der Waals surface area contributed by atoms with Crippen LogP contribution >= 0.6 is 15.6 Å². The second-order valence-electron chi connectivity index (χ2n) is 26.1. The zero-order valence-electron chi connectivity index (χ0n) is 63.3. The highest BCUT2D eigenvalue weighted by atomic mass is 31.2. The Balaban J connectivity index is 4.36. The van der Waals surface area contributed by atoms with Crippen molar-refractivity contribution in [2.24, 2.45) is 0 Å². The van der Waals surface area contributed by atoms with Gasteiger partial charge in [-0.3, -0.25) is 32.5 Å². The first-order valence-corrected chi connectivity index (χ1v) is 42.5. The van der Waals surface area contributed by atoms with Crippen LogP contribution < -0.4 is 0 Å². The maximum Gasteiger partial charge on any atom is 0.472 e. The summed E-state index contributed by atoms with van der Waals surface area (Å²) in [6.07, 6.45) is 91.3. The minimum Gasteiger partial charge on any atom is -0.463 e. The number of carbonyl (C=O) groups is 3. The number of esters is 3. The van der Waals surface area contributed by atoms with E-state index in [1.54, 1.807) is 0 Å². The zero-order chi connectivity index (χ0) is 73.7. The summed E-state index contributed by atoms with van der Waals surface area (Å²) >= 11 is 0. The number of allylic oxidation sites excluding steroid dienone is 22. The lowest BCUT2D eigenvalue weighted by Gasteiger charge is -2.21. The van der Waals surface area contributed by atoms with Crippen LogP contribution in [0.25, 0.3) is 0 Å². The smallest absolute Gasteiger partial charge is 0.463 e. The van der Waals surface area contributed by atoms with E-state index in [2.05, 4.69) is 136 Å². The number of rotatable bonds is 74. The van der Waals surface area contributed by atoms with Gasteiger partial charge in [-0.2, -0.15) is 0 Å². The fourth-order valence-corrected chi connectivity index (χ4v) is 12.0. The minimum atomic E-state index is -4.94. The van der Waals surface area contributed by atoms with E-state index in [0.717, 1.165) is 109 Å². The molecule has 0 amide bonds. The molecule has 0 aromatic carbocycles. The van der Waals surface area contributed by atoms with Crippen molar-refractivity contribution in [3.05, 3.63) is 134 Å². The molecule has 0 heterocycles. The van der Waals surface area contributed by atoms with E-state index in [0.29, 0.717) is 25.7 Å². The van der Waals surface area contributed by atoms with E-state index in [1.807, 2.05) is 18.2 Å². The van der Waals surface area contributed by atoms with E-state index in [4.69, 9.17) is 32.3 Å². The molecular weight excluding hydrogens is 1310 g/mol. The van der Waals surface area contributed by atoms with Crippen molar-refractivity contribution < 1.29 is 75.8 Å². The predicted molar refractivity (Wildman–Crippen MR) is 417 cm³/mol. The first-order chi connectivity index (χ1) is 49.2. The summed E-state index contributed by atoms with van der Waals surface area (Å²) < 4.78 is 60.9. The van der Waals surface area contributed by atoms with Crippen molar-refractivity contribution in [2.75, 3.05) is 39.6 Å². The molecule has 0 aromatic rings.